The minimum absolute atomic E-state index is 1.30. The van der Waals surface area contributed by atoms with Gasteiger partial charge in [0.1, 0.15) is 16.1 Å². The Morgan fingerprint density at radius 2 is 1.17 bits per heavy atom. The van der Waals surface area contributed by atoms with Gasteiger partial charge in [-0.1, -0.05) is 128 Å². The van der Waals surface area contributed by atoms with Gasteiger partial charge < -0.3 is 0 Å². The third-order valence-corrected chi connectivity index (χ3v) is 17.2. The van der Waals surface area contributed by atoms with Crippen LogP contribution >= 0.6 is 0 Å². The van der Waals surface area contributed by atoms with E-state index >= 15 is 0 Å². The normalized spacial score (nSPS) is 17.9. The topological polar surface area (TPSA) is 0 Å². The fourth-order valence-corrected chi connectivity index (χ4v) is 15.8. The minimum Gasteiger partial charge on any atom is -0.0896 e. The largest absolute Gasteiger partial charge is 0.117 e. The highest BCUT2D eigenvalue weighted by molar-refractivity contribution is 7.15. The second kappa shape index (κ2) is 6.85. The molecule has 0 aliphatic carbocycles. The van der Waals surface area contributed by atoms with E-state index in [1.165, 1.54) is 29.7 Å². The summed E-state index contributed by atoms with van der Waals surface area (Å²) >= 11 is 0. The van der Waals surface area contributed by atoms with Crippen molar-refractivity contribution in [3.63, 3.8) is 0 Å². The molecule has 24 heavy (non-hydrogen) atoms. The van der Waals surface area contributed by atoms with Crippen LogP contribution < -0.4 is 10.4 Å². The fourth-order valence-electron chi connectivity index (χ4n) is 4.80. The van der Waals surface area contributed by atoms with E-state index in [4.69, 9.17) is 0 Å². The number of hydrogen-bond donors (Lipinski definition) is 0. The second-order valence-electron chi connectivity index (χ2n) is 7.12. The maximum atomic E-state index is 2.82. The van der Waals surface area contributed by atoms with Gasteiger partial charge in [-0.3, -0.25) is 0 Å². The lowest BCUT2D eigenvalue weighted by molar-refractivity contribution is 1.26. The molecule has 1 aliphatic rings. The molecule has 0 saturated carbocycles. The summed E-state index contributed by atoms with van der Waals surface area (Å²) in [5.41, 5.74) is 4.31. The van der Waals surface area contributed by atoms with Gasteiger partial charge in [0.05, 0.1) is 0 Å². The van der Waals surface area contributed by atoms with E-state index in [2.05, 4.69) is 88.0 Å². The first-order valence-electron chi connectivity index (χ1n) is 9.56. The molecular formula is C22H30Si2. The Morgan fingerprint density at radius 3 is 1.71 bits per heavy atom. The van der Waals surface area contributed by atoms with Gasteiger partial charge in [0, 0.05) is 0 Å². The molecule has 2 heteroatoms. The van der Waals surface area contributed by atoms with E-state index < -0.39 is 16.1 Å². The summed E-state index contributed by atoms with van der Waals surface area (Å²) in [6, 6.07) is 26.0. The van der Waals surface area contributed by atoms with Crippen molar-refractivity contribution in [1.29, 1.82) is 0 Å². The molecule has 0 atom stereocenters. The number of hydrogen-bond acceptors (Lipinski definition) is 0. The molecule has 0 aromatic heterocycles. The molecule has 0 saturated heterocycles. The van der Waals surface area contributed by atoms with Crippen LogP contribution in [0.3, 0.4) is 0 Å². The molecule has 2 aromatic carbocycles. The number of rotatable bonds is 5. The van der Waals surface area contributed by atoms with Crippen LogP contribution in [0.2, 0.25) is 24.2 Å². The van der Waals surface area contributed by atoms with Gasteiger partial charge in [-0.15, -0.1) is 0 Å². The lowest BCUT2D eigenvalue weighted by Crippen LogP contribution is -2.66. The van der Waals surface area contributed by atoms with E-state index in [0.717, 1.165) is 0 Å². The lowest BCUT2D eigenvalue weighted by Gasteiger charge is -2.45. The molecule has 0 unspecified atom stereocenters. The molecule has 0 amide bonds. The Hall–Kier alpha value is -1.39. The van der Waals surface area contributed by atoms with Gasteiger partial charge in [-0.25, -0.2) is 0 Å². The van der Waals surface area contributed by atoms with Gasteiger partial charge in [-0.05, 0) is 5.56 Å². The van der Waals surface area contributed by atoms with Crippen LogP contribution in [0.1, 0.15) is 33.3 Å². The maximum absolute atomic E-state index is 2.82. The summed E-state index contributed by atoms with van der Waals surface area (Å²) in [7, 11) is -3.19. The summed E-state index contributed by atoms with van der Waals surface area (Å²) in [5.74, 6) is 0. The maximum Gasteiger partial charge on any atom is 0.117 e. The van der Waals surface area contributed by atoms with E-state index in [1.807, 2.05) is 0 Å². The third kappa shape index (κ3) is 2.47. The van der Waals surface area contributed by atoms with E-state index in [-0.39, 0.29) is 0 Å². The zero-order valence-corrected chi connectivity index (χ0v) is 17.6. The number of benzene rings is 2. The first-order chi connectivity index (χ1) is 11.7. The average Bonchev–Trinajstić information content (AvgIpc) is 2.67. The van der Waals surface area contributed by atoms with Crippen LogP contribution in [-0.2, 0) is 0 Å². The van der Waals surface area contributed by atoms with Crippen molar-refractivity contribution < 1.29 is 0 Å². The Balaban J connectivity index is 2.35. The summed E-state index contributed by atoms with van der Waals surface area (Å²) in [6.45, 7) is 9.68. The summed E-state index contributed by atoms with van der Waals surface area (Å²) in [6.07, 6.45) is 0. The SMILES string of the molecule is CC[Si]1(CC)C=C(c2ccccc2)[Si](CC)(CC)c2ccccc21. The predicted octanol–water partition coefficient (Wildman–Crippen LogP) is 5.25. The lowest BCUT2D eigenvalue weighted by atomic mass is 10.2. The number of fused-ring (bicyclic) bond motifs is 1. The molecule has 1 aliphatic heterocycles. The summed E-state index contributed by atoms with van der Waals surface area (Å²) < 4.78 is 0. The molecule has 126 valence electrons. The summed E-state index contributed by atoms with van der Waals surface area (Å²) in [5, 5.41) is 5.25. The molecule has 3 rings (SSSR count). The van der Waals surface area contributed by atoms with E-state index in [0.29, 0.717) is 0 Å². The van der Waals surface area contributed by atoms with Crippen molar-refractivity contribution in [1.82, 2.24) is 0 Å². The molecule has 2 aromatic rings. The van der Waals surface area contributed by atoms with Gasteiger partial charge in [0.25, 0.3) is 0 Å². The smallest absolute Gasteiger partial charge is 0.0896 e. The Bertz CT molecular complexity index is 723. The van der Waals surface area contributed by atoms with Gasteiger partial charge in [0.2, 0.25) is 0 Å². The first-order valence-corrected chi connectivity index (χ1v) is 14.5. The molecule has 0 bridgehead atoms. The van der Waals surface area contributed by atoms with Crippen molar-refractivity contribution in [3.8, 4) is 0 Å². The monoisotopic (exact) mass is 350 g/mol. The summed E-state index contributed by atoms with van der Waals surface area (Å²) in [4.78, 5) is 0. The molecule has 0 spiro atoms. The highest BCUT2D eigenvalue weighted by atomic mass is 28.3. The van der Waals surface area contributed by atoms with Crippen LogP contribution in [0.25, 0.3) is 5.20 Å². The second-order valence-corrected chi connectivity index (χ2v) is 16.3. The zero-order valence-electron chi connectivity index (χ0n) is 15.6. The van der Waals surface area contributed by atoms with Crippen LogP contribution in [0.4, 0.5) is 0 Å². The van der Waals surface area contributed by atoms with Crippen LogP contribution in [0.5, 0.6) is 0 Å². The zero-order chi connectivity index (χ0) is 17.2. The van der Waals surface area contributed by atoms with Crippen LogP contribution in [-0.4, -0.2) is 16.1 Å². The quantitative estimate of drug-likeness (QED) is 0.646. The fraction of sp³-hybridized carbons (Fsp3) is 0.364. The van der Waals surface area contributed by atoms with Crippen molar-refractivity contribution in [2.75, 3.05) is 0 Å². The molecule has 0 nitrogen and oxygen atoms in total. The molecule has 0 N–H and O–H groups in total. The minimum atomic E-state index is -1.65. The van der Waals surface area contributed by atoms with Crippen molar-refractivity contribution in [2.24, 2.45) is 0 Å². The van der Waals surface area contributed by atoms with E-state index in [1.54, 1.807) is 15.6 Å². The van der Waals surface area contributed by atoms with Gasteiger partial charge in [-0.2, -0.15) is 0 Å². The first kappa shape index (κ1) is 17.4. The van der Waals surface area contributed by atoms with Gasteiger partial charge >= 0.3 is 0 Å². The molecule has 0 radical (unpaired) electrons. The molecule has 1 heterocycles. The average molecular weight is 351 g/mol. The standard InChI is InChI=1S/C22H30Si2/c1-5-23(6-2)18-22(19-14-10-9-11-15-19)24(7-3,8-4)21-17-13-12-16-20(21)23/h9-18H,5-8H2,1-4H3. The Labute approximate surface area is 149 Å². The van der Waals surface area contributed by atoms with Crippen LogP contribution in [0, 0.1) is 0 Å². The van der Waals surface area contributed by atoms with Gasteiger partial charge in [0.15, 0.2) is 0 Å². The highest BCUT2D eigenvalue weighted by Crippen LogP contribution is 2.38. The molecular weight excluding hydrogens is 320 g/mol. The molecule has 0 fully saturated rings. The highest BCUT2D eigenvalue weighted by Gasteiger charge is 2.46. The van der Waals surface area contributed by atoms with E-state index in [9.17, 15) is 0 Å². The van der Waals surface area contributed by atoms with Crippen molar-refractivity contribution in [2.45, 2.75) is 51.9 Å². The van der Waals surface area contributed by atoms with Crippen molar-refractivity contribution >= 4 is 31.7 Å². The predicted molar refractivity (Wildman–Crippen MR) is 114 cm³/mol. The van der Waals surface area contributed by atoms with Crippen molar-refractivity contribution in [3.05, 3.63) is 65.9 Å². The Kier molecular flexibility index (Phi) is 4.98. The third-order valence-electron chi connectivity index (χ3n) is 6.47. The Morgan fingerprint density at radius 1 is 0.625 bits per heavy atom. The van der Waals surface area contributed by atoms with Crippen LogP contribution in [0.15, 0.2) is 60.3 Å².